The second kappa shape index (κ2) is 15.7. The molecule has 0 bridgehead atoms. The van der Waals surface area contributed by atoms with Crippen LogP contribution in [0.3, 0.4) is 0 Å². The zero-order valence-electron chi connectivity index (χ0n) is 37.9. The summed E-state index contributed by atoms with van der Waals surface area (Å²) < 4.78 is 28.8. The zero-order chi connectivity index (χ0) is 45.6. The molecule has 2 nitrogen and oxygen atoms in total. The summed E-state index contributed by atoms with van der Waals surface area (Å²) in [4.78, 5) is 4.44. The van der Waals surface area contributed by atoms with Crippen molar-refractivity contribution in [1.82, 2.24) is 0 Å². The molecule has 2 aliphatic rings. The van der Waals surface area contributed by atoms with Gasteiger partial charge < -0.3 is 9.80 Å². The van der Waals surface area contributed by atoms with E-state index in [9.17, 15) is 8.78 Å². The summed E-state index contributed by atoms with van der Waals surface area (Å²) in [7, 11) is 0. The summed E-state index contributed by atoms with van der Waals surface area (Å²) in [6.07, 6.45) is 0. The van der Waals surface area contributed by atoms with E-state index in [1.807, 2.05) is 24.3 Å². The molecule has 0 atom stereocenters. The van der Waals surface area contributed by atoms with Gasteiger partial charge in [-0.05, 0) is 198 Å². The number of benzene rings is 10. The second-order valence-corrected chi connectivity index (χ2v) is 18.8. The molecule has 67 heavy (non-hydrogen) atoms. The molecule has 4 heteroatoms. The van der Waals surface area contributed by atoms with Gasteiger partial charge in [0.05, 0.1) is 5.41 Å². The average Bonchev–Trinajstić information content (AvgIpc) is 3.81. The van der Waals surface area contributed by atoms with Crippen LogP contribution in [-0.2, 0) is 5.41 Å². The molecule has 12 rings (SSSR count). The normalized spacial score (nSPS) is 13.0. The maximum atomic E-state index is 14.4. The zero-order valence-corrected chi connectivity index (χ0v) is 37.9. The third kappa shape index (κ3) is 6.42. The fourth-order valence-corrected chi connectivity index (χ4v) is 11.1. The Balaban J connectivity index is 1.08. The van der Waals surface area contributed by atoms with Crippen molar-refractivity contribution in [2.45, 2.75) is 44.9 Å². The molecular weight excluding hydrogens is 823 g/mol. The van der Waals surface area contributed by atoms with Crippen LogP contribution in [0, 0.1) is 11.6 Å². The molecular formula is C63H48F2N2. The van der Waals surface area contributed by atoms with E-state index < -0.39 is 5.41 Å². The van der Waals surface area contributed by atoms with Crippen molar-refractivity contribution >= 4 is 55.7 Å². The van der Waals surface area contributed by atoms with Crippen LogP contribution in [0.25, 0.3) is 43.8 Å². The topological polar surface area (TPSA) is 6.48 Å². The molecule has 1 spiro atoms. The minimum absolute atomic E-state index is 0.264. The number of nitrogens with zero attached hydrogens (tertiary/aromatic N) is 2. The van der Waals surface area contributed by atoms with Gasteiger partial charge in [0.1, 0.15) is 11.6 Å². The van der Waals surface area contributed by atoms with E-state index in [0.29, 0.717) is 11.8 Å². The second-order valence-electron chi connectivity index (χ2n) is 18.8. The molecule has 0 amide bonds. The lowest BCUT2D eigenvalue weighted by Gasteiger charge is -2.32. The number of hydrogen-bond donors (Lipinski definition) is 0. The smallest absolute Gasteiger partial charge is 0.123 e. The lowest BCUT2D eigenvalue weighted by Crippen LogP contribution is -2.26. The Bertz CT molecular complexity index is 3490. The van der Waals surface area contributed by atoms with Gasteiger partial charge in [-0.1, -0.05) is 125 Å². The van der Waals surface area contributed by atoms with E-state index in [2.05, 4.69) is 195 Å². The highest BCUT2D eigenvalue weighted by Crippen LogP contribution is 2.64. The highest BCUT2D eigenvalue weighted by atomic mass is 19.1. The van der Waals surface area contributed by atoms with Crippen molar-refractivity contribution in [2.75, 3.05) is 9.80 Å². The molecule has 0 aliphatic heterocycles. The summed E-state index contributed by atoms with van der Waals surface area (Å²) in [5.41, 5.74) is 17.8. The molecule has 0 aromatic heterocycles. The number of rotatable bonds is 8. The Hall–Kier alpha value is -7.82. The number of fused-ring (bicyclic) bond motifs is 13. The first-order valence-electron chi connectivity index (χ1n) is 23.3. The largest absolute Gasteiger partial charge is 0.310 e. The van der Waals surface area contributed by atoms with E-state index in [4.69, 9.17) is 0 Å². The highest BCUT2D eigenvalue weighted by Gasteiger charge is 2.52. The molecule has 0 radical (unpaired) electrons. The van der Waals surface area contributed by atoms with Crippen LogP contribution in [0.4, 0.5) is 42.9 Å². The van der Waals surface area contributed by atoms with Gasteiger partial charge in [-0.15, -0.1) is 0 Å². The van der Waals surface area contributed by atoms with E-state index in [1.54, 1.807) is 0 Å². The van der Waals surface area contributed by atoms with Crippen LogP contribution in [0.1, 0.15) is 72.9 Å². The fraction of sp³-hybridized carbons (Fsp3) is 0.111. The van der Waals surface area contributed by atoms with Crippen LogP contribution in [0.5, 0.6) is 0 Å². The molecule has 0 saturated carbocycles. The molecule has 0 saturated heterocycles. The number of halogens is 2. The predicted molar refractivity (Wildman–Crippen MR) is 275 cm³/mol. The summed E-state index contributed by atoms with van der Waals surface area (Å²) in [5.74, 6) is 0.281. The first-order valence-corrected chi connectivity index (χ1v) is 23.3. The Kier molecular flexibility index (Phi) is 9.51. The minimum Gasteiger partial charge on any atom is -0.310 e. The molecule has 0 unspecified atom stereocenters. The molecule has 0 fully saturated rings. The Morgan fingerprint density at radius 1 is 0.343 bits per heavy atom. The first kappa shape index (κ1) is 40.7. The molecule has 2 aliphatic carbocycles. The van der Waals surface area contributed by atoms with Crippen LogP contribution < -0.4 is 9.80 Å². The van der Waals surface area contributed by atoms with Crippen LogP contribution in [0.2, 0.25) is 0 Å². The van der Waals surface area contributed by atoms with Crippen LogP contribution in [0.15, 0.2) is 206 Å². The summed E-state index contributed by atoms with van der Waals surface area (Å²) in [6, 6.07) is 71.9. The summed E-state index contributed by atoms with van der Waals surface area (Å²) >= 11 is 0. The maximum Gasteiger partial charge on any atom is 0.123 e. The minimum atomic E-state index is -0.601. The van der Waals surface area contributed by atoms with Gasteiger partial charge in [-0.2, -0.15) is 0 Å². The van der Waals surface area contributed by atoms with Gasteiger partial charge in [0.25, 0.3) is 0 Å². The molecule has 0 heterocycles. The first-order chi connectivity index (χ1) is 32.7. The highest BCUT2D eigenvalue weighted by molar-refractivity contribution is 6.07. The predicted octanol–water partition coefficient (Wildman–Crippen LogP) is 17.8. The number of anilines is 6. The van der Waals surface area contributed by atoms with Crippen molar-refractivity contribution in [3.05, 3.63) is 251 Å². The maximum absolute atomic E-state index is 14.4. The van der Waals surface area contributed by atoms with Crippen molar-refractivity contribution in [1.29, 1.82) is 0 Å². The monoisotopic (exact) mass is 870 g/mol. The van der Waals surface area contributed by atoms with Gasteiger partial charge in [0, 0.05) is 34.1 Å². The third-order valence-electron chi connectivity index (χ3n) is 14.3. The average molecular weight is 871 g/mol. The molecule has 10 aromatic rings. The molecule has 10 aromatic carbocycles. The van der Waals surface area contributed by atoms with Crippen molar-refractivity contribution in [2.24, 2.45) is 0 Å². The number of hydrogen-bond acceptors (Lipinski definition) is 2. The summed E-state index contributed by atoms with van der Waals surface area (Å²) in [6.45, 7) is 8.83. The van der Waals surface area contributed by atoms with Crippen molar-refractivity contribution < 1.29 is 8.78 Å². The Morgan fingerprint density at radius 3 is 1.28 bits per heavy atom. The van der Waals surface area contributed by atoms with Crippen LogP contribution in [-0.4, -0.2) is 0 Å². The SMILES string of the molecule is CC(C)c1ccc(N(c2ccc(F)cc2)c2ccc3cc4c(cc3c2)C2(c3ccccc3-c3ccccc32)c2c-4ccc3cc(N(c4ccc(F)cc4)c4ccc(C(C)C)cc4)ccc23)cc1. The quantitative estimate of drug-likeness (QED) is 0.150. The molecule has 0 N–H and O–H groups in total. The van der Waals surface area contributed by atoms with Gasteiger partial charge in [-0.3, -0.25) is 0 Å². The lowest BCUT2D eigenvalue weighted by atomic mass is 9.69. The molecule has 324 valence electrons. The Labute approximate surface area is 391 Å². The van der Waals surface area contributed by atoms with Gasteiger partial charge >= 0.3 is 0 Å². The van der Waals surface area contributed by atoms with E-state index in [1.165, 1.54) is 85.3 Å². The fourth-order valence-electron chi connectivity index (χ4n) is 11.1. The van der Waals surface area contributed by atoms with Crippen molar-refractivity contribution in [3.8, 4) is 22.3 Å². The van der Waals surface area contributed by atoms with Gasteiger partial charge in [-0.25, -0.2) is 8.78 Å². The van der Waals surface area contributed by atoms with Gasteiger partial charge in [0.15, 0.2) is 0 Å². The van der Waals surface area contributed by atoms with Crippen LogP contribution >= 0.6 is 0 Å². The lowest BCUT2D eigenvalue weighted by molar-refractivity contribution is 0.627. The standard InChI is InChI=1S/C63H48F2N2/c1-39(2)41-13-23-48(24-14-41)66(50-28-19-46(64)20-29-50)52-27-17-43-37-58-57-33-18-44-35-53(67(51-30-21-47(65)22-31-51)49-25-15-42(16-26-49)40(3)4)32-34-54(44)62(57)63(61(58)38-45(43)36-52)59-11-7-5-9-55(59)56-10-6-8-12-60(56)63/h5-40H,1-4H3. The van der Waals surface area contributed by atoms with E-state index in [0.717, 1.165) is 50.3 Å². The summed E-state index contributed by atoms with van der Waals surface area (Å²) in [5, 5.41) is 4.59. The Morgan fingerprint density at radius 2 is 0.776 bits per heavy atom. The van der Waals surface area contributed by atoms with E-state index >= 15 is 0 Å². The third-order valence-corrected chi connectivity index (χ3v) is 14.3. The van der Waals surface area contributed by atoms with E-state index in [-0.39, 0.29) is 11.6 Å². The van der Waals surface area contributed by atoms with Crippen molar-refractivity contribution in [3.63, 3.8) is 0 Å². The van der Waals surface area contributed by atoms with Gasteiger partial charge in [0.2, 0.25) is 0 Å².